The molecule has 0 aliphatic carbocycles. The van der Waals surface area contributed by atoms with E-state index in [9.17, 15) is 17.6 Å². The Labute approximate surface area is 172 Å². The highest BCUT2D eigenvalue weighted by atomic mass is 32.1. The Morgan fingerprint density at radius 3 is 2.70 bits per heavy atom. The van der Waals surface area contributed by atoms with Crippen LogP contribution in [0.15, 0.2) is 48.9 Å². The van der Waals surface area contributed by atoms with E-state index < -0.39 is 23.9 Å². The van der Waals surface area contributed by atoms with Crippen molar-refractivity contribution in [1.82, 2.24) is 19.7 Å². The van der Waals surface area contributed by atoms with Gasteiger partial charge in [0.05, 0.1) is 11.4 Å². The summed E-state index contributed by atoms with van der Waals surface area (Å²) in [6.07, 6.45) is -0.0503. The van der Waals surface area contributed by atoms with Gasteiger partial charge in [-0.15, -0.1) is 0 Å². The number of rotatable bonds is 6. The lowest BCUT2D eigenvalue weighted by atomic mass is 10.1. The minimum Gasteiger partial charge on any atom is -0.360 e. The van der Waals surface area contributed by atoms with Crippen LogP contribution in [0.1, 0.15) is 5.69 Å². The molecule has 0 aliphatic heterocycles. The van der Waals surface area contributed by atoms with Crippen molar-refractivity contribution in [2.75, 3.05) is 11.9 Å². The van der Waals surface area contributed by atoms with Crippen LogP contribution in [0.3, 0.4) is 0 Å². The van der Waals surface area contributed by atoms with Gasteiger partial charge in [-0.3, -0.25) is 4.68 Å². The highest BCUT2D eigenvalue weighted by Gasteiger charge is 2.33. The lowest BCUT2D eigenvalue weighted by Crippen LogP contribution is -2.33. The van der Waals surface area contributed by atoms with Crippen LogP contribution in [0, 0.1) is 5.95 Å². The normalized spacial score (nSPS) is 13.0. The second-order valence-electron chi connectivity index (χ2n) is 6.66. The largest absolute Gasteiger partial charge is 0.435 e. The SMILES string of the molecule is N[C@@H](CNc1ncc(-c2ccc3cnc(F)cc3c2)s1)Cn1ccc(C(F)(F)F)n1. The number of hydrogen-bond acceptors (Lipinski definition) is 6. The van der Waals surface area contributed by atoms with Crippen LogP contribution in [0.25, 0.3) is 21.2 Å². The molecule has 0 saturated carbocycles. The summed E-state index contributed by atoms with van der Waals surface area (Å²) in [7, 11) is 0. The predicted octanol–water partition coefficient (Wildman–Crippen LogP) is 4.15. The van der Waals surface area contributed by atoms with E-state index in [-0.39, 0.29) is 6.54 Å². The van der Waals surface area contributed by atoms with Crippen LogP contribution < -0.4 is 11.1 Å². The van der Waals surface area contributed by atoms with Gasteiger partial charge in [-0.1, -0.05) is 23.5 Å². The standard InChI is InChI=1S/C19H16F4N6S/c20-17-6-13-5-11(1-2-12(13)7-25-17)15-9-27-18(30-15)26-8-14(24)10-29-4-3-16(28-29)19(21,22)23/h1-7,9,14H,8,10,24H2,(H,26,27)/t14-/m0/s1. The molecule has 4 aromatic rings. The molecule has 6 nitrogen and oxygen atoms in total. The molecule has 0 radical (unpaired) electrons. The molecule has 0 fully saturated rings. The van der Waals surface area contributed by atoms with E-state index in [0.29, 0.717) is 11.7 Å². The van der Waals surface area contributed by atoms with E-state index in [4.69, 9.17) is 5.73 Å². The molecule has 0 amide bonds. The molecule has 0 aliphatic rings. The molecular weight excluding hydrogens is 420 g/mol. The maximum atomic E-state index is 13.4. The molecule has 11 heteroatoms. The third kappa shape index (κ3) is 4.57. The average Bonchev–Trinajstić information content (AvgIpc) is 3.35. The van der Waals surface area contributed by atoms with Crippen LogP contribution >= 0.6 is 11.3 Å². The van der Waals surface area contributed by atoms with Crippen molar-refractivity contribution in [1.29, 1.82) is 0 Å². The van der Waals surface area contributed by atoms with E-state index in [1.807, 2.05) is 18.2 Å². The molecule has 1 atom stereocenters. The van der Waals surface area contributed by atoms with Crippen molar-refractivity contribution in [2.24, 2.45) is 5.73 Å². The molecule has 3 N–H and O–H groups in total. The van der Waals surface area contributed by atoms with Crippen molar-refractivity contribution in [3.05, 3.63) is 60.6 Å². The third-order valence-corrected chi connectivity index (χ3v) is 5.35. The fourth-order valence-electron chi connectivity index (χ4n) is 2.89. The van der Waals surface area contributed by atoms with Gasteiger partial charge in [0, 0.05) is 42.6 Å². The van der Waals surface area contributed by atoms with E-state index in [0.717, 1.165) is 27.3 Å². The Kier molecular flexibility index (Phi) is 5.39. The number of halogens is 4. The van der Waals surface area contributed by atoms with E-state index >= 15 is 0 Å². The number of alkyl halides is 3. The van der Waals surface area contributed by atoms with Gasteiger partial charge in [0.25, 0.3) is 0 Å². The maximum absolute atomic E-state index is 13.4. The number of anilines is 1. The number of nitrogens with one attached hydrogen (secondary N) is 1. The first-order valence-electron chi connectivity index (χ1n) is 8.89. The minimum atomic E-state index is -4.48. The molecule has 0 unspecified atom stereocenters. The maximum Gasteiger partial charge on any atom is 0.435 e. The summed E-state index contributed by atoms with van der Waals surface area (Å²) in [5, 5.41) is 8.77. The van der Waals surface area contributed by atoms with Crippen molar-refractivity contribution < 1.29 is 17.6 Å². The van der Waals surface area contributed by atoms with Gasteiger partial charge in [-0.25, -0.2) is 9.97 Å². The molecule has 1 aromatic carbocycles. The van der Waals surface area contributed by atoms with E-state index in [2.05, 4.69) is 20.4 Å². The van der Waals surface area contributed by atoms with Crippen LogP contribution in [-0.2, 0) is 12.7 Å². The molecule has 0 bridgehead atoms. The van der Waals surface area contributed by atoms with Gasteiger partial charge in [0.1, 0.15) is 0 Å². The first-order valence-corrected chi connectivity index (χ1v) is 9.71. The van der Waals surface area contributed by atoms with Gasteiger partial charge in [0.2, 0.25) is 5.95 Å². The van der Waals surface area contributed by atoms with Gasteiger partial charge >= 0.3 is 6.18 Å². The van der Waals surface area contributed by atoms with E-state index in [1.165, 1.54) is 34.5 Å². The van der Waals surface area contributed by atoms with Crippen molar-refractivity contribution in [3.63, 3.8) is 0 Å². The summed E-state index contributed by atoms with van der Waals surface area (Å²) in [5.41, 5.74) is 5.94. The predicted molar refractivity (Wildman–Crippen MR) is 107 cm³/mol. The van der Waals surface area contributed by atoms with Crippen LogP contribution in [-0.4, -0.2) is 32.3 Å². The van der Waals surface area contributed by atoms with Crippen molar-refractivity contribution in [2.45, 2.75) is 18.8 Å². The third-order valence-electron chi connectivity index (χ3n) is 4.35. The minimum absolute atomic E-state index is 0.131. The summed E-state index contributed by atoms with van der Waals surface area (Å²) in [5.74, 6) is -0.542. The quantitative estimate of drug-likeness (QED) is 0.351. The van der Waals surface area contributed by atoms with Crippen LogP contribution in [0.2, 0.25) is 0 Å². The fourth-order valence-corrected chi connectivity index (χ4v) is 3.71. The highest BCUT2D eigenvalue weighted by molar-refractivity contribution is 7.18. The van der Waals surface area contributed by atoms with Crippen LogP contribution in [0.5, 0.6) is 0 Å². The summed E-state index contributed by atoms with van der Waals surface area (Å²) >= 11 is 1.40. The molecule has 3 aromatic heterocycles. The van der Waals surface area contributed by atoms with Crippen molar-refractivity contribution in [3.8, 4) is 10.4 Å². The van der Waals surface area contributed by atoms with Gasteiger partial charge < -0.3 is 11.1 Å². The topological polar surface area (TPSA) is 81.6 Å². The number of fused-ring (bicyclic) bond motifs is 1. The van der Waals surface area contributed by atoms with Gasteiger partial charge in [-0.05, 0) is 23.1 Å². The Balaban J connectivity index is 1.38. The summed E-state index contributed by atoms with van der Waals surface area (Å²) in [6.45, 7) is 0.439. The lowest BCUT2D eigenvalue weighted by Gasteiger charge is -2.12. The zero-order chi connectivity index (χ0) is 21.3. The number of aromatic nitrogens is 4. The number of benzene rings is 1. The second kappa shape index (κ2) is 8.00. The average molecular weight is 436 g/mol. The molecule has 3 heterocycles. The Morgan fingerprint density at radius 2 is 1.93 bits per heavy atom. The number of nitrogens with zero attached hydrogens (tertiary/aromatic N) is 4. The van der Waals surface area contributed by atoms with Crippen molar-refractivity contribution >= 4 is 27.2 Å². The number of pyridine rings is 1. The number of hydrogen-bond donors (Lipinski definition) is 2. The Morgan fingerprint density at radius 1 is 1.10 bits per heavy atom. The van der Waals surface area contributed by atoms with Crippen LogP contribution in [0.4, 0.5) is 22.7 Å². The van der Waals surface area contributed by atoms with E-state index in [1.54, 1.807) is 6.20 Å². The molecule has 30 heavy (non-hydrogen) atoms. The molecule has 0 spiro atoms. The molecule has 4 rings (SSSR count). The summed E-state index contributed by atoms with van der Waals surface area (Å²) in [4.78, 5) is 8.82. The number of nitrogens with two attached hydrogens (primary N) is 1. The van der Waals surface area contributed by atoms with Gasteiger partial charge in [-0.2, -0.15) is 22.7 Å². The summed E-state index contributed by atoms with van der Waals surface area (Å²) < 4.78 is 52.4. The zero-order valence-corrected chi connectivity index (χ0v) is 16.2. The van der Waals surface area contributed by atoms with Gasteiger partial charge in [0.15, 0.2) is 10.8 Å². The molecular formula is C19H16F4N6S. The Bertz CT molecular complexity index is 1170. The highest BCUT2D eigenvalue weighted by Crippen LogP contribution is 2.31. The smallest absolute Gasteiger partial charge is 0.360 e. The summed E-state index contributed by atoms with van der Waals surface area (Å²) in [6, 6.07) is 7.45. The molecule has 0 saturated heterocycles. The monoisotopic (exact) mass is 436 g/mol. The number of thiazole rings is 1. The lowest BCUT2D eigenvalue weighted by molar-refractivity contribution is -0.141. The first kappa shape index (κ1) is 20.2. The second-order valence-corrected chi connectivity index (χ2v) is 7.69. The molecule has 156 valence electrons. The first-order chi connectivity index (χ1) is 14.3. The Hall–Kier alpha value is -3.05. The zero-order valence-electron chi connectivity index (χ0n) is 15.4. The fraction of sp³-hybridized carbons (Fsp3) is 0.211.